The van der Waals surface area contributed by atoms with Crippen LogP contribution in [0.1, 0.15) is 17.5 Å². The van der Waals surface area contributed by atoms with E-state index in [-0.39, 0.29) is 24.4 Å². The Morgan fingerprint density at radius 3 is 2.50 bits per heavy atom. The van der Waals surface area contributed by atoms with Crippen molar-refractivity contribution in [2.24, 2.45) is 5.92 Å². The van der Waals surface area contributed by atoms with E-state index in [1.807, 2.05) is 0 Å². The fourth-order valence-electron chi connectivity index (χ4n) is 4.14. The van der Waals surface area contributed by atoms with Crippen LogP contribution in [0, 0.1) is 16.0 Å². The summed E-state index contributed by atoms with van der Waals surface area (Å²) in [6, 6.07) is 3.16. The van der Waals surface area contributed by atoms with Gasteiger partial charge in [-0.25, -0.2) is 0 Å². The number of hydrogen-bond acceptors (Lipinski definition) is 5. The number of hydrogen-bond donors (Lipinski definition) is 2. The lowest BCUT2D eigenvalue weighted by atomic mass is 9.77. The van der Waals surface area contributed by atoms with Gasteiger partial charge in [0.25, 0.3) is 0 Å². The summed E-state index contributed by atoms with van der Waals surface area (Å²) < 4.78 is 38.2. The largest absolute Gasteiger partial charge is 0.416 e. The Morgan fingerprint density at radius 2 is 1.87 bits per heavy atom. The van der Waals surface area contributed by atoms with Crippen LogP contribution in [-0.2, 0) is 22.3 Å². The van der Waals surface area contributed by atoms with Crippen molar-refractivity contribution in [3.63, 3.8) is 0 Å². The summed E-state index contributed by atoms with van der Waals surface area (Å²) >= 11 is 0. The summed E-state index contributed by atoms with van der Waals surface area (Å²) in [4.78, 5) is 36.4. The molecule has 1 saturated heterocycles. The Labute approximate surface area is 168 Å². The lowest BCUT2D eigenvalue weighted by Crippen LogP contribution is -2.59. The van der Waals surface area contributed by atoms with Crippen LogP contribution in [0.4, 0.5) is 13.2 Å². The molecule has 11 heteroatoms. The number of nitro groups is 1. The number of fused-ring (bicyclic) bond motifs is 2. The van der Waals surface area contributed by atoms with Gasteiger partial charge in [0.1, 0.15) is 0 Å². The number of amides is 2. The van der Waals surface area contributed by atoms with Crippen LogP contribution < -0.4 is 10.6 Å². The highest BCUT2D eigenvalue weighted by Gasteiger charge is 2.47. The monoisotopic (exact) mass is 422 g/mol. The van der Waals surface area contributed by atoms with Crippen molar-refractivity contribution in [2.45, 2.75) is 31.2 Å². The zero-order valence-electron chi connectivity index (χ0n) is 15.5. The maximum Gasteiger partial charge on any atom is 0.416 e. The maximum atomic E-state index is 12.7. The van der Waals surface area contributed by atoms with Crippen LogP contribution in [0.25, 0.3) is 0 Å². The molecule has 0 aromatic heterocycles. The van der Waals surface area contributed by atoms with Crippen LogP contribution in [0.2, 0.25) is 0 Å². The van der Waals surface area contributed by atoms with Gasteiger partial charge in [-0.05, 0) is 35.5 Å². The van der Waals surface area contributed by atoms with E-state index in [1.165, 1.54) is 12.1 Å². The van der Waals surface area contributed by atoms with E-state index in [4.69, 9.17) is 0 Å². The minimum atomic E-state index is -4.41. The Hall–Kier alpha value is -3.37. The number of nitrogens with zero attached hydrogens (tertiary/aromatic N) is 2. The van der Waals surface area contributed by atoms with Crippen molar-refractivity contribution in [2.75, 3.05) is 6.54 Å². The van der Waals surface area contributed by atoms with Crippen LogP contribution in [0.5, 0.6) is 0 Å². The molecule has 4 rings (SSSR count). The average Bonchev–Trinajstić information content (AvgIpc) is 2.68. The molecule has 3 unspecified atom stereocenters. The molecule has 2 N–H and O–H groups in total. The molecule has 2 amide bonds. The minimum absolute atomic E-state index is 0.0461. The molecule has 8 nitrogen and oxygen atoms in total. The number of alkyl halides is 3. The molecule has 0 saturated carbocycles. The summed E-state index contributed by atoms with van der Waals surface area (Å²) in [6.45, 7) is 0.545. The molecule has 1 aliphatic carbocycles. The number of halogens is 3. The molecule has 0 radical (unpaired) electrons. The van der Waals surface area contributed by atoms with E-state index < -0.39 is 41.6 Å². The van der Waals surface area contributed by atoms with Crippen LogP contribution in [0.15, 0.2) is 47.8 Å². The minimum Gasteiger partial charge on any atom is -0.372 e. The second kappa shape index (κ2) is 7.15. The first-order valence-corrected chi connectivity index (χ1v) is 9.21. The first-order chi connectivity index (χ1) is 14.1. The number of carbonyl (C=O) groups is 2. The summed E-state index contributed by atoms with van der Waals surface area (Å²) in [5.41, 5.74) is 0.945. The maximum absolute atomic E-state index is 12.7. The normalized spacial score (nSPS) is 26.0. The predicted octanol–water partition coefficient (Wildman–Crippen LogP) is 1.57. The molecule has 2 heterocycles. The van der Waals surface area contributed by atoms with E-state index in [9.17, 15) is 32.9 Å². The number of allylic oxidation sites excluding steroid dienone is 1. The summed E-state index contributed by atoms with van der Waals surface area (Å²) in [6.07, 6.45) is -1.01. The second-order valence-corrected chi connectivity index (χ2v) is 7.48. The zero-order valence-corrected chi connectivity index (χ0v) is 15.5. The molecule has 1 aromatic rings. The molecule has 2 aliphatic heterocycles. The van der Waals surface area contributed by atoms with Gasteiger partial charge >= 0.3 is 18.0 Å². The van der Waals surface area contributed by atoms with Crippen LogP contribution in [-0.4, -0.2) is 40.3 Å². The number of benzene rings is 1. The van der Waals surface area contributed by atoms with Crippen molar-refractivity contribution in [1.82, 2.24) is 15.5 Å². The SMILES string of the molecule is O=C1NC2=C3C=CN(Cc4ccc(C(F)(F)F)cc4)CC3C([N+](=O)[O-])CC2NC1=O. The third kappa shape index (κ3) is 3.62. The van der Waals surface area contributed by atoms with Gasteiger partial charge in [0, 0.05) is 30.1 Å². The number of carbonyl (C=O) groups excluding carboxylic acids is 2. The fraction of sp³-hybridized carbons (Fsp3) is 0.368. The van der Waals surface area contributed by atoms with Gasteiger partial charge < -0.3 is 15.5 Å². The Bertz CT molecular complexity index is 971. The number of rotatable bonds is 3. The standard InChI is InChI=1S/C19H17F3N4O4/c20-19(21,22)11-3-1-10(2-4-11)8-25-6-5-12-13(9-25)15(26(29)30)7-14-16(12)24-18(28)17(27)23-14/h1-6,13-15H,7-9H2,(H,23,27)(H,24,28). The van der Waals surface area contributed by atoms with Gasteiger partial charge in [0.15, 0.2) is 0 Å². The van der Waals surface area contributed by atoms with Gasteiger partial charge in [-0.2, -0.15) is 13.2 Å². The second-order valence-electron chi connectivity index (χ2n) is 7.48. The smallest absolute Gasteiger partial charge is 0.372 e. The zero-order chi connectivity index (χ0) is 21.6. The van der Waals surface area contributed by atoms with E-state index in [1.54, 1.807) is 17.2 Å². The molecule has 3 atom stereocenters. The summed E-state index contributed by atoms with van der Waals surface area (Å²) in [7, 11) is 0. The molecule has 158 valence electrons. The predicted molar refractivity (Wildman–Crippen MR) is 97.0 cm³/mol. The molecule has 30 heavy (non-hydrogen) atoms. The van der Waals surface area contributed by atoms with E-state index in [0.717, 1.165) is 12.1 Å². The number of nitrogens with one attached hydrogen (secondary N) is 2. The molecule has 0 bridgehead atoms. The lowest BCUT2D eigenvalue weighted by molar-refractivity contribution is -0.532. The first-order valence-electron chi connectivity index (χ1n) is 9.21. The van der Waals surface area contributed by atoms with Crippen molar-refractivity contribution in [3.05, 3.63) is 69.1 Å². The molecule has 1 aromatic carbocycles. The van der Waals surface area contributed by atoms with Crippen LogP contribution in [0.3, 0.4) is 0 Å². The van der Waals surface area contributed by atoms with Gasteiger partial charge in [-0.15, -0.1) is 0 Å². The average molecular weight is 422 g/mol. The number of piperazine rings is 1. The first kappa shape index (κ1) is 19.9. The fourth-order valence-corrected chi connectivity index (χ4v) is 4.14. The molecule has 3 aliphatic rings. The molecule has 1 fully saturated rings. The molecule has 0 spiro atoms. The van der Waals surface area contributed by atoms with Crippen molar-refractivity contribution in [1.29, 1.82) is 0 Å². The van der Waals surface area contributed by atoms with Crippen molar-refractivity contribution >= 4 is 11.8 Å². The summed E-state index contributed by atoms with van der Waals surface area (Å²) in [5, 5.41) is 16.7. The Morgan fingerprint density at radius 1 is 1.17 bits per heavy atom. The Balaban J connectivity index is 1.59. The van der Waals surface area contributed by atoms with Gasteiger partial charge in [0.05, 0.1) is 17.5 Å². The third-order valence-corrected chi connectivity index (χ3v) is 5.59. The third-order valence-electron chi connectivity index (χ3n) is 5.59. The highest BCUT2D eigenvalue weighted by Crippen LogP contribution is 2.36. The molecular formula is C19H17F3N4O4. The Kier molecular flexibility index (Phi) is 4.75. The van der Waals surface area contributed by atoms with E-state index >= 15 is 0 Å². The van der Waals surface area contributed by atoms with Gasteiger partial charge in [-0.3, -0.25) is 19.7 Å². The highest BCUT2D eigenvalue weighted by molar-refractivity contribution is 6.36. The topological polar surface area (TPSA) is 105 Å². The quantitative estimate of drug-likeness (QED) is 0.437. The lowest BCUT2D eigenvalue weighted by Gasteiger charge is -2.41. The van der Waals surface area contributed by atoms with Crippen molar-refractivity contribution in [3.8, 4) is 0 Å². The van der Waals surface area contributed by atoms with Crippen molar-refractivity contribution < 1.29 is 27.7 Å². The van der Waals surface area contributed by atoms with Crippen LogP contribution >= 0.6 is 0 Å². The molecular weight excluding hydrogens is 405 g/mol. The van der Waals surface area contributed by atoms with Gasteiger partial charge in [0.2, 0.25) is 6.04 Å². The van der Waals surface area contributed by atoms with E-state index in [0.29, 0.717) is 16.8 Å². The van der Waals surface area contributed by atoms with E-state index in [2.05, 4.69) is 10.6 Å². The highest BCUT2D eigenvalue weighted by atomic mass is 19.4. The van der Waals surface area contributed by atoms with Gasteiger partial charge in [-0.1, -0.05) is 12.1 Å². The summed E-state index contributed by atoms with van der Waals surface area (Å²) in [5.74, 6) is -2.16.